The monoisotopic (exact) mass is 504 g/mol. The molecule has 1 aliphatic carbocycles. The summed E-state index contributed by atoms with van der Waals surface area (Å²) in [5.41, 5.74) is 1.51. The molecule has 0 unspecified atom stereocenters. The molecule has 184 valence electrons. The van der Waals surface area contributed by atoms with Crippen molar-refractivity contribution in [1.82, 2.24) is 4.98 Å². The van der Waals surface area contributed by atoms with E-state index < -0.39 is 29.9 Å². The second-order valence-corrected chi connectivity index (χ2v) is 9.44. The molecule has 2 N–H and O–H groups in total. The number of aromatic nitrogens is 1. The molecular formula is C26H24ClF3N2O3. The molecule has 1 amide bonds. The van der Waals surface area contributed by atoms with Gasteiger partial charge in [-0.15, -0.1) is 0 Å². The Labute approximate surface area is 205 Å². The first-order valence-electron chi connectivity index (χ1n) is 11.3. The number of amides is 1. The predicted octanol–water partition coefficient (Wildman–Crippen LogP) is 6.78. The van der Waals surface area contributed by atoms with E-state index in [2.05, 4.69) is 10.3 Å². The van der Waals surface area contributed by atoms with E-state index in [9.17, 15) is 27.9 Å². The van der Waals surface area contributed by atoms with Gasteiger partial charge in [-0.05, 0) is 60.1 Å². The third-order valence-corrected chi connectivity index (χ3v) is 6.88. The number of rotatable bonds is 8. The number of anilines is 1. The molecule has 4 rings (SSSR count). The number of fused-ring (bicyclic) bond motifs is 1. The van der Waals surface area contributed by atoms with Gasteiger partial charge in [-0.3, -0.25) is 14.6 Å². The highest BCUT2D eigenvalue weighted by Gasteiger charge is 2.45. The number of halogens is 4. The fraction of sp³-hybridized carbons (Fsp3) is 0.346. The highest BCUT2D eigenvalue weighted by molar-refractivity contribution is 6.33. The van der Waals surface area contributed by atoms with Gasteiger partial charge in [-0.2, -0.15) is 13.2 Å². The molecule has 3 aromatic rings. The van der Waals surface area contributed by atoms with Crippen molar-refractivity contribution >= 4 is 40.1 Å². The average Bonchev–Trinajstić information content (AvgIpc) is 3.64. The van der Waals surface area contributed by atoms with Crippen LogP contribution in [0.1, 0.15) is 49.1 Å². The molecule has 0 saturated heterocycles. The molecule has 2 aromatic carbocycles. The lowest BCUT2D eigenvalue weighted by atomic mass is 9.85. The third-order valence-electron chi connectivity index (χ3n) is 6.55. The van der Waals surface area contributed by atoms with Crippen molar-refractivity contribution in [2.45, 2.75) is 44.2 Å². The van der Waals surface area contributed by atoms with Crippen molar-refractivity contribution < 1.29 is 27.9 Å². The number of benzene rings is 2. The van der Waals surface area contributed by atoms with Crippen molar-refractivity contribution in [2.24, 2.45) is 11.8 Å². The SMILES string of the molecule is C[C@H]([C@@H](C(=O)Nc1cc([C@@H](CC(=O)O)C2CC2)ccc1Cl)c1ccc2cccnc2c1)C(F)(F)F. The number of hydrogen-bond donors (Lipinski definition) is 2. The van der Waals surface area contributed by atoms with E-state index in [-0.39, 0.29) is 34.5 Å². The smallest absolute Gasteiger partial charge is 0.392 e. The summed E-state index contributed by atoms with van der Waals surface area (Å²) in [4.78, 5) is 28.9. The number of alkyl halides is 3. The topological polar surface area (TPSA) is 79.3 Å². The molecular weight excluding hydrogens is 481 g/mol. The summed E-state index contributed by atoms with van der Waals surface area (Å²) in [6, 6.07) is 13.0. The van der Waals surface area contributed by atoms with Crippen LogP contribution in [0.25, 0.3) is 10.9 Å². The second kappa shape index (κ2) is 9.85. The lowest BCUT2D eigenvalue weighted by molar-refractivity contribution is -0.178. The molecule has 3 atom stereocenters. The Bertz CT molecular complexity index is 1260. The number of aliphatic carboxylic acids is 1. The predicted molar refractivity (Wildman–Crippen MR) is 128 cm³/mol. The summed E-state index contributed by atoms with van der Waals surface area (Å²) in [6.07, 6.45) is -1.34. The largest absolute Gasteiger partial charge is 0.481 e. The van der Waals surface area contributed by atoms with Gasteiger partial charge in [0.05, 0.1) is 34.5 Å². The zero-order valence-electron chi connectivity index (χ0n) is 18.8. The molecule has 0 radical (unpaired) electrons. The highest BCUT2D eigenvalue weighted by atomic mass is 35.5. The number of carbonyl (C=O) groups excluding carboxylic acids is 1. The van der Waals surface area contributed by atoms with Crippen LogP contribution in [0.2, 0.25) is 5.02 Å². The summed E-state index contributed by atoms with van der Waals surface area (Å²) in [7, 11) is 0. The third kappa shape index (κ3) is 5.75. The first-order valence-corrected chi connectivity index (χ1v) is 11.7. The van der Waals surface area contributed by atoms with Crippen LogP contribution in [-0.2, 0) is 9.59 Å². The van der Waals surface area contributed by atoms with Gasteiger partial charge in [0, 0.05) is 11.6 Å². The van der Waals surface area contributed by atoms with Gasteiger partial charge < -0.3 is 10.4 Å². The normalized spacial score (nSPS) is 16.5. The Morgan fingerprint density at radius 3 is 2.51 bits per heavy atom. The fourth-order valence-corrected chi connectivity index (χ4v) is 4.62. The molecule has 1 saturated carbocycles. The van der Waals surface area contributed by atoms with Gasteiger partial charge in [0.1, 0.15) is 0 Å². The van der Waals surface area contributed by atoms with Crippen LogP contribution in [0.5, 0.6) is 0 Å². The number of pyridine rings is 1. The summed E-state index contributed by atoms with van der Waals surface area (Å²) in [5.74, 6) is -5.34. The Balaban J connectivity index is 1.68. The zero-order valence-corrected chi connectivity index (χ0v) is 19.6. The number of carbonyl (C=O) groups is 2. The highest BCUT2D eigenvalue weighted by Crippen LogP contribution is 2.46. The quantitative estimate of drug-likeness (QED) is 0.354. The maximum Gasteiger partial charge on any atom is 0.392 e. The fourth-order valence-electron chi connectivity index (χ4n) is 4.46. The zero-order chi connectivity index (χ0) is 25.3. The molecule has 1 aliphatic rings. The molecule has 1 fully saturated rings. The van der Waals surface area contributed by atoms with Gasteiger partial charge in [0.2, 0.25) is 5.91 Å². The van der Waals surface area contributed by atoms with Gasteiger partial charge >= 0.3 is 12.1 Å². The second-order valence-electron chi connectivity index (χ2n) is 9.03. The van der Waals surface area contributed by atoms with Crippen LogP contribution in [0.15, 0.2) is 54.7 Å². The molecule has 1 heterocycles. The molecule has 0 spiro atoms. The molecule has 5 nitrogen and oxygen atoms in total. The summed E-state index contributed by atoms with van der Waals surface area (Å²) < 4.78 is 41.4. The first-order chi connectivity index (χ1) is 16.5. The van der Waals surface area contributed by atoms with Crippen LogP contribution < -0.4 is 5.32 Å². The Morgan fingerprint density at radius 2 is 1.86 bits per heavy atom. The number of nitrogens with one attached hydrogen (secondary N) is 1. The maximum atomic E-state index is 13.8. The maximum absolute atomic E-state index is 13.8. The summed E-state index contributed by atoms with van der Waals surface area (Å²) in [6.45, 7) is 0.973. The van der Waals surface area contributed by atoms with E-state index in [4.69, 9.17) is 11.6 Å². The molecule has 0 bridgehead atoms. The van der Waals surface area contributed by atoms with Crippen molar-refractivity contribution in [3.05, 3.63) is 70.9 Å². The summed E-state index contributed by atoms with van der Waals surface area (Å²) in [5, 5.41) is 12.8. The van der Waals surface area contributed by atoms with E-state index in [0.717, 1.165) is 25.2 Å². The van der Waals surface area contributed by atoms with Gasteiger partial charge in [0.15, 0.2) is 0 Å². The van der Waals surface area contributed by atoms with E-state index in [0.29, 0.717) is 11.1 Å². The van der Waals surface area contributed by atoms with Crippen molar-refractivity contribution in [2.75, 3.05) is 5.32 Å². The van der Waals surface area contributed by atoms with E-state index in [1.165, 1.54) is 24.4 Å². The van der Waals surface area contributed by atoms with Crippen LogP contribution >= 0.6 is 11.6 Å². The van der Waals surface area contributed by atoms with Crippen molar-refractivity contribution in [3.8, 4) is 0 Å². The minimum absolute atomic E-state index is 0.0719. The van der Waals surface area contributed by atoms with Gasteiger partial charge in [-0.25, -0.2) is 0 Å². The Hall–Kier alpha value is -3.13. The lowest BCUT2D eigenvalue weighted by Crippen LogP contribution is -2.34. The number of hydrogen-bond acceptors (Lipinski definition) is 3. The minimum atomic E-state index is -4.62. The van der Waals surface area contributed by atoms with Crippen LogP contribution in [-0.4, -0.2) is 28.1 Å². The number of carboxylic acids is 1. The van der Waals surface area contributed by atoms with Crippen LogP contribution in [0.4, 0.5) is 18.9 Å². The minimum Gasteiger partial charge on any atom is -0.481 e. The van der Waals surface area contributed by atoms with E-state index >= 15 is 0 Å². The summed E-state index contributed by atoms with van der Waals surface area (Å²) >= 11 is 6.28. The van der Waals surface area contributed by atoms with E-state index in [1.807, 2.05) is 0 Å². The first kappa shape index (κ1) is 25.0. The number of carboxylic acid groups (broad SMARTS) is 1. The van der Waals surface area contributed by atoms with Gasteiger partial charge in [-0.1, -0.05) is 42.8 Å². The van der Waals surface area contributed by atoms with Crippen molar-refractivity contribution in [3.63, 3.8) is 0 Å². The lowest BCUT2D eigenvalue weighted by Gasteiger charge is -2.26. The van der Waals surface area contributed by atoms with Gasteiger partial charge in [0.25, 0.3) is 0 Å². The van der Waals surface area contributed by atoms with Crippen LogP contribution in [0, 0.1) is 11.8 Å². The molecule has 1 aromatic heterocycles. The van der Waals surface area contributed by atoms with E-state index in [1.54, 1.807) is 30.3 Å². The average molecular weight is 505 g/mol. The number of nitrogens with zero attached hydrogens (tertiary/aromatic N) is 1. The molecule has 0 aliphatic heterocycles. The molecule has 35 heavy (non-hydrogen) atoms. The van der Waals surface area contributed by atoms with Crippen molar-refractivity contribution in [1.29, 1.82) is 0 Å². The standard InChI is InChI=1S/C26H24ClF3N2O3/c1-14(26(28,29)30)24(18-7-6-16-3-2-10-31-21(16)12-18)25(35)32-22-11-17(8-9-20(22)27)19(13-23(33)34)15-4-5-15/h2-3,6-12,14-15,19,24H,4-5,13H2,1H3,(H,32,35)(H,33,34)/t14-,19+,24-/m1/s1. The van der Waals surface area contributed by atoms with Crippen LogP contribution in [0.3, 0.4) is 0 Å². The Kier molecular flexibility index (Phi) is 7.03. The molecule has 9 heteroatoms. The Morgan fingerprint density at radius 1 is 1.14 bits per heavy atom.